The number of methoxy groups -OCH3 is 1. The molecule has 0 aliphatic carbocycles. The van der Waals surface area contributed by atoms with Crippen LogP contribution in [0.4, 0.5) is 0 Å². The van der Waals surface area contributed by atoms with Crippen LogP contribution in [0.5, 0.6) is 23.0 Å². The van der Waals surface area contributed by atoms with E-state index >= 15 is 0 Å². The molecule has 3 aromatic rings. The molecule has 0 N–H and O–H groups in total. The molecule has 0 atom stereocenters. The molecule has 1 fully saturated rings. The van der Waals surface area contributed by atoms with Gasteiger partial charge in [-0.15, -0.1) is 0 Å². The number of carbonyl (C=O) groups excluding carboxylic acids is 1. The highest BCUT2D eigenvalue weighted by atomic mass is 35.5. The second kappa shape index (κ2) is 10.5. The zero-order chi connectivity index (χ0) is 24.2. The number of rotatable bonds is 7. The number of nitrogens with zero attached hydrogens (tertiary/aromatic N) is 2. The number of carbonyl (C=O) groups is 1. The van der Waals surface area contributed by atoms with E-state index in [2.05, 4.69) is 11.0 Å². The van der Waals surface area contributed by atoms with E-state index in [-0.39, 0.29) is 19.3 Å². The largest absolute Gasteiger partial charge is 0.496 e. The molecule has 5 rings (SSSR count). The molecule has 0 radical (unpaired) electrons. The lowest BCUT2D eigenvalue weighted by Crippen LogP contribution is -2.48. The summed E-state index contributed by atoms with van der Waals surface area (Å²) in [7, 11) is 1.61. The van der Waals surface area contributed by atoms with Crippen molar-refractivity contribution < 1.29 is 23.7 Å². The molecule has 0 saturated carbocycles. The Bertz CT molecular complexity index is 1190. The molecule has 2 heterocycles. The molecule has 1 amide bonds. The van der Waals surface area contributed by atoms with E-state index in [1.54, 1.807) is 19.2 Å². The fourth-order valence-electron chi connectivity index (χ4n) is 4.31. The summed E-state index contributed by atoms with van der Waals surface area (Å²) in [5.41, 5.74) is 2.62. The Hall–Kier alpha value is -3.42. The molecular formula is C27H27ClN2O5. The van der Waals surface area contributed by atoms with Gasteiger partial charge in [0.05, 0.1) is 7.11 Å². The molecule has 0 spiro atoms. The SMILES string of the molecule is COc1ccc(C(=O)N2CCN(Cc3ccc4c(c3)OCO4)CC2)cc1COc1ccc(Cl)cc1. The van der Waals surface area contributed by atoms with Gasteiger partial charge in [0.25, 0.3) is 5.91 Å². The van der Waals surface area contributed by atoms with Crippen molar-refractivity contribution in [3.05, 3.63) is 82.4 Å². The van der Waals surface area contributed by atoms with Crippen LogP contribution in [0.2, 0.25) is 5.02 Å². The third-order valence-corrected chi connectivity index (χ3v) is 6.49. The van der Waals surface area contributed by atoms with Crippen LogP contribution in [0.15, 0.2) is 60.7 Å². The number of amides is 1. The van der Waals surface area contributed by atoms with Gasteiger partial charge in [0.2, 0.25) is 6.79 Å². The minimum Gasteiger partial charge on any atom is -0.496 e. The third-order valence-electron chi connectivity index (χ3n) is 6.24. The standard InChI is InChI=1S/C27H27ClN2O5/c1-32-24-9-3-20(15-21(24)17-33-23-6-4-22(28)5-7-23)27(31)30-12-10-29(11-13-30)16-19-2-8-25-26(14-19)35-18-34-25/h2-9,14-15H,10-13,16-18H2,1H3. The van der Waals surface area contributed by atoms with Crippen LogP contribution in [0.25, 0.3) is 0 Å². The zero-order valence-electron chi connectivity index (χ0n) is 19.5. The first-order chi connectivity index (χ1) is 17.1. The number of piperazine rings is 1. The average Bonchev–Trinajstić information content (AvgIpc) is 3.36. The predicted molar refractivity (Wildman–Crippen MR) is 133 cm³/mol. The minimum absolute atomic E-state index is 0.0168. The van der Waals surface area contributed by atoms with Crippen molar-refractivity contribution in [2.45, 2.75) is 13.2 Å². The van der Waals surface area contributed by atoms with E-state index in [0.717, 1.165) is 36.7 Å². The Kier molecular flexibility index (Phi) is 6.97. The predicted octanol–water partition coefficient (Wildman–Crippen LogP) is 4.61. The van der Waals surface area contributed by atoms with E-state index in [9.17, 15) is 4.79 Å². The minimum atomic E-state index is 0.0168. The van der Waals surface area contributed by atoms with E-state index in [0.29, 0.717) is 35.2 Å². The highest BCUT2D eigenvalue weighted by Crippen LogP contribution is 2.33. The van der Waals surface area contributed by atoms with Gasteiger partial charge >= 0.3 is 0 Å². The fraction of sp³-hybridized carbons (Fsp3) is 0.296. The molecule has 182 valence electrons. The van der Waals surface area contributed by atoms with Crippen LogP contribution < -0.4 is 18.9 Å². The van der Waals surface area contributed by atoms with Crippen molar-refractivity contribution in [2.75, 3.05) is 40.1 Å². The van der Waals surface area contributed by atoms with Crippen molar-refractivity contribution in [3.8, 4) is 23.0 Å². The monoisotopic (exact) mass is 494 g/mol. The van der Waals surface area contributed by atoms with Gasteiger partial charge in [-0.1, -0.05) is 17.7 Å². The lowest BCUT2D eigenvalue weighted by Gasteiger charge is -2.35. The van der Waals surface area contributed by atoms with E-state index in [1.807, 2.05) is 47.4 Å². The van der Waals surface area contributed by atoms with Crippen LogP contribution in [0.1, 0.15) is 21.5 Å². The van der Waals surface area contributed by atoms with Crippen molar-refractivity contribution in [2.24, 2.45) is 0 Å². The molecule has 7 nitrogen and oxygen atoms in total. The smallest absolute Gasteiger partial charge is 0.253 e. The molecule has 2 aliphatic rings. The molecule has 0 bridgehead atoms. The van der Waals surface area contributed by atoms with E-state index < -0.39 is 0 Å². The van der Waals surface area contributed by atoms with Crippen LogP contribution in [0, 0.1) is 0 Å². The molecule has 2 aliphatic heterocycles. The molecule has 1 saturated heterocycles. The number of hydrogen-bond acceptors (Lipinski definition) is 6. The maximum absolute atomic E-state index is 13.2. The van der Waals surface area contributed by atoms with Gasteiger partial charge in [-0.25, -0.2) is 0 Å². The normalized spacial score (nSPS) is 15.2. The summed E-state index contributed by atoms with van der Waals surface area (Å²) in [6, 6.07) is 18.7. The first-order valence-corrected chi connectivity index (χ1v) is 11.9. The molecule has 3 aromatic carbocycles. The quantitative estimate of drug-likeness (QED) is 0.478. The summed E-state index contributed by atoms with van der Waals surface area (Å²) in [4.78, 5) is 17.5. The maximum atomic E-state index is 13.2. The Morgan fingerprint density at radius 2 is 1.71 bits per heavy atom. The van der Waals surface area contributed by atoms with Crippen molar-refractivity contribution >= 4 is 17.5 Å². The summed E-state index contributed by atoms with van der Waals surface area (Å²) >= 11 is 5.95. The summed E-state index contributed by atoms with van der Waals surface area (Å²) in [5, 5.41) is 0.651. The van der Waals surface area contributed by atoms with Gasteiger partial charge < -0.3 is 23.8 Å². The fourth-order valence-corrected chi connectivity index (χ4v) is 4.43. The summed E-state index contributed by atoms with van der Waals surface area (Å²) < 4.78 is 22.2. The highest BCUT2D eigenvalue weighted by Gasteiger charge is 2.23. The van der Waals surface area contributed by atoms with Gasteiger partial charge in [-0.05, 0) is 60.2 Å². The second-order valence-corrected chi connectivity index (χ2v) is 8.96. The first-order valence-electron chi connectivity index (χ1n) is 11.5. The molecule has 35 heavy (non-hydrogen) atoms. The molecular weight excluding hydrogens is 468 g/mol. The average molecular weight is 495 g/mol. The third kappa shape index (κ3) is 5.47. The number of hydrogen-bond donors (Lipinski definition) is 0. The van der Waals surface area contributed by atoms with Gasteiger partial charge in [0.1, 0.15) is 18.1 Å². The topological polar surface area (TPSA) is 60.5 Å². The van der Waals surface area contributed by atoms with Crippen LogP contribution >= 0.6 is 11.6 Å². The highest BCUT2D eigenvalue weighted by molar-refractivity contribution is 6.30. The number of benzene rings is 3. The number of halogens is 1. The van der Waals surface area contributed by atoms with Gasteiger partial charge in [0.15, 0.2) is 11.5 Å². The Morgan fingerprint density at radius 3 is 2.49 bits per heavy atom. The van der Waals surface area contributed by atoms with E-state index in [4.69, 9.17) is 30.5 Å². The molecule has 8 heteroatoms. The van der Waals surface area contributed by atoms with Crippen molar-refractivity contribution in [1.82, 2.24) is 9.80 Å². The maximum Gasteiger partial charge on any atom is 0.253 e. The van der Waals surface area contributed by atoms with Gasteiger partial charge in [0, 0.05) is 48.9 Å². The van der Waals surface area contributed by atoms with Crippen LogP contribution in [-0.2, 0) is 13.2 Å². The zero-order valence-corrected chi connectivity index (χ0v) is 20.3. The number of fused-ring (bicyclic) bond motifs is 1. The lowest BCUT2D eigenvalue weighted by molar-refractivity contribution is 0.0628. The summed E-state index contributed by atoms with van der Waals surface area (Å²) in [6.07, 6.45) is 0. The Balaban J connectivity index is 1.19. The molecule has 0 aromatic heterocycles. The Morgan fingerprint density at radius 1 is 0.943 bits per heavy atom. The van der Waals surface area contributed by atoms with Gasteiger partial charge in [-0.2, -0.15) is 0 Å². The van der Waals surface area contributed by atoms with Crippen LogP contribution in [0.3, 0.4) is 0 Å². The van der Waals surface area contributed by atoms with Crippen molar-refractivity contribution in [1.29, 1.82) is 0 Å². The number of ether oxygens (including phenoxy) is 4. The summed E-state index contributed by atoms with van der Waals surface area (Å²) in [6.45, 7) is 4.34. The first kappa shape index (κ1) is 23.3. The summed E-state index contributed by atoms with van der Waals surface area (Å²) in [5.74, 6) is 2.99. The van der Waals surface area contributed by atoms with E-state index in [1.165, 1.54) is 5.56 Å². The lowest BCUT2D eigenvalue weighted by atomic mass is 10.1. The molecule has 0 unspecified atom stereocenters. The Labute approximate surface area is 209 Å². The second-order valence-electron chi connectivity index (χ2n) is 8.53. The van der Waals surface area contributed by atoms with Crippen molar-refractivity contribution in [3.63, 3.8) is 0 Å². The van der Waals surface area contributed by atoms with Gasteiger partial charge in [-0.3, -0.25) is 9.69 Å². The van der Waals surface area contributed by atoms with Crippen LogP contribution in [-0.4, -0.2) is 55.8 Å².